The molecule has 2 aromatic carbocycles. The summed E-state index contributed by atoms with van der Waals surface area (Å²) in [6.07, 6.45) is 6.45. The maximum Gasteiger partial charge on any atom is 0.324 e. The summed E-state index contributed by atoms with van der Waals surface area (Å²) in [5.41, 5.74) is 11.9. The van der Waals surface area contributed by atoms with Crippen LogP contribution in [0.5, 0.6) is 0 Å². The summed E-state index contributed by atoms with van der Waals surface area (Å²) in [7, 11) is 0. The van der Waals surface area contributed by atoms with Crippen molar-refractivity contribution in [2.45, 2.75) is 27.7 Å². The molecule has 41 heavy (non-hydrogen) atoms. The quantitative estimate of drug-likeness (QED) is 0.0746. The first-order valence-corrected chi connectivity index (χ1v) is 13.8. The van der Waals surface area contributed by atoms with Crippen molar-refractivity contribution in [1.82, 2.24) is 20.8 Å². The van der Waals surface area contributed by atoms with Gasteiger partial charge in [0.2, 0.25) is 0 Å². The molecule has 0 saturated carbocycles. The average molecular weight is 608 g/mol. The van der Waals surface area contributed by atoms with Crippen LogP contribution < -0.4 is 21.5 Å². The van der Waals surface area contributed by atoms with Gasteiger partial charge in [-0.1, -0.05) is 46.7 Å². The number of rotatable bonds is 7. The average Bonchev–Trinajstić information content (AvgIpc) is 3.61. The number of nitro groups is 1. The van der Waals surface area contributed by atoms with Crippen LogP contribution in [-0.2, 0) is 0 Å². The van der Waals surface area contributed by atoms with E-state index in [1.165, 1.54) is 23.4 Å². The van der Waals surface area contributed by atoms with E-state index in [0.717, 1.165) is 33.8 Å². The third-order valence-electron chi connectivity index (χ3n) is 5.28. The molecule has 4 aromatic rings. The molecular weight excluding hydrogens is 579 g/mol. The first-order valence-electron chi connectivity index (χ1n) is 12.2. The molecule has 0 bridgehead atoms. The molecule has 0 aliphatic rings. The van der Waals surface area contributed by atoms with E-state index in [1.54, 1.807) is 24.7 Å². The molecule has 0 unspecified atom stereocenters. The van der Waals surface area contributed by atoms with Gasteiger partial charge in [-0.2, -0.15) is 10.2 Å². The third-order valence-corrected chi connectivity index (χ3v) is 6.64. The summed E-state index contributed by atoms with van der Waals surface area (Å²) < 4.78 is 0. The molecule has 0 fully saturated rings. The molecule has 2 aromatic heterocycles. The van der Waals surface area contributed by atoms with Gasteiger partial charge in [0, 0.05) is 29.8 Å². The second-order valence-electron chi connectivity index (χ2n) is 8.69. The van der Waals surface area contributed by atoms with E-state index in [1.807, 2.05) is 45.0 Å². The Morgan fingerprint density at radius 1 is 0.902 bits per heavy atom. The highest BCUT2D eigenvalue weighted by Gasteiger charge is 2.08. The minimum Gasteiger partial charge on any atom is -0.344 e. The van der Waals surface area contributed by atoms with Crippen molar-refractivity contribution in [3.05, 3.63) is 104 Å². The van der Waals surface area contributed by atoms with Gasteiger partial charge in [-0.15, -0.1) is 0 Å². The first-order chi connectivity index (χ1) is 19.6. The van der Waals surface area contributed by atoms with Crippen molar-refractivity contribution in [2.75, 3.05) is 10.6 Å². The maximum absolute atomic E-state index is 10.6. The Balaban J connectivity index is 0.000000228. The molecule has 0 aliphatic heterocycles. The summed E-state index contributed by atoms with van der Waals surface area (Å²) >= 11 is 11.4. The Morgan fingerprint density at radius 2 is 1.46 bits per heavy atom. The molecule has 0 atom stereocenters. The van der Waals surface area contributed by atoms with Crippen LogP contribution in [0.4, 0.5) is 16.4 Å². The van der Waals surface area contributed by atoms with Crippen LogP contribution in [-0.4, -0.2) is 37.5 Å². The van der Waals surface area contributed by atoms with E-state index < -0.39 is 4.92 Å². The van der Waals surface area contributed by atoms with Crippen LogP contribution in [0.25, 0.3) is 0 Å². The number of benzene rings is 2. The number of nitrogens with zero attached hydrogens (tertiary/aromatic N) is 4. The molecule has 2 heterocycles. The number of hydrogen-bond acceptors (Lipinski definition) is 8. The number of aromatic amines is 1. The van der Waals surface area contributed by atoms with Crippen molar-refractivity contribution >= 4 is 74.8 Å². The van der Waals surface area contributed by atoms with Crippen LogP contribution in [0.3, 0.4) is 0 Å². The largest absolute Gasteiger partial charge is 0.344 e. The van der Waals surface area contributed by atoms with Gasteiger partial charge >= 0.3 is 5.00 Å². The highest BCUT2D eigenvalue weighted by molar-refractivity contribution is 7.80. The number of anilines is 2. The van der Waals surface area contributed by atoms with Gasteiger partial charge in [0.1, 0.15) is 5.82 Å². The minimum atomic E-state index is -0.429. The third kappa shape index (κ3) is 10.5. The number of imidazole rings is 1. The molecule has 14 heteroatoms. The van der Waals surface area contributed by atoms with Gasteiger partial charge in [0.05, 0.1) is 22.2 Å². The predicted molar refractivity (Wildman–Crippen MR) is 175 cm³/mol. The van der Waals surface area contributed by atoms with Crippen molar-refractivity contribution in [2.24, 2.45) is 10.2 Å². The van der Waals surface area contributed by atoms with Crippen molar-refractivity contribution in [3.63, 3.8) is 0 Å². The standard InChI is InChI=1S/C14H14N4O2S2.C13H15N5S/c1-9-3-5-12(10(2)7-9)16-14(21)17-15-8-11-4-6-13(22-11)18(19)20;1-9-3-4-11(10(2)7-9)17-13(19)18-16-8-12-14-5-6-15-12/h3-8H,1-2H3,(H2,16,17,21);3-8H,1-2H3,(H,14,15)(H2,17,18,19). The molecule has 0 radical (unpaired) electrons. The number of aromatic nitrogens is 2. The van der Waals surface area contributed by atoms with E-state index in [2.05, 4.69) is 60.7 Å². The van der Waals surface area contributed by atoms with Crippen LogP contribution in [0.2, 0.25) is 0 Å². The number of aryl methyl sites for hydroxylation is 4. The number of nitrogens with one attached hydrogen (secondary N) is 5. The number of thiocarbonyl (C=S) groups is 2. The van der Waals surface area contributed by atoms with E-state index in [-0.39, 0.29) is 5.00 Å². The van der Waals surface area contributed by atoms with E-state index >= 15 is 0 Å². The highest BCUT2D eigenvalue weighted by Crippen LogP contribution is 2.22. The van der Waals surface area contributed by atoms with E-state index in [9.17, 15) is 10.1 Å². The lowest BCUT2D eigenvalue weighted by atomic mass is 10.1. The Hall–Kier alpha value is -4.53. The van der Waals surface area contributed by atoms with Crippen molar-refractivity contribution < 1.29 is 4.92 Å². The highest BCUT2D eigenvalue weighted by atomic mass is 32.1. The zero-order chi connectivity index (χ0) is 29.8. The fourth-order valence-electron chi connectivity index (χ4n) is 3.37. The van der Waals surface area contributed by atoms with Crippen LogP contribution >= 0.6 is 35.8 Å². The first kappa shape index (κ1) is 31.0. The fourth-order valence-corrected chi connectivity index (χ4v) is 4.39. The summed E-state index contributed by atoms with van der Waals surface area (Å²) in [4.78, 5) is 17.8. The number of thiophene rings is 1. The van der Waals surface area contributed by atoms with Gasteiger partial charge in [-0.05, 0) is 81.5 Å². The molecule has 0 amide bonds. The summed E-state index contributed by atoms with van der Waals surface area (Å²) in [6.45, 7) is 8.11. The number of H-pyrrole nitrogens is 1. The number of hydrazone groups is 2. The minimum absolute atomic E-state index is 0.0810. The van der Waals surface area contributed by atoms with Crippen LogP contribution in [0.1, 0.15) is 33.0 Å². The summed E-state index contributed by atoms with van der Waals surface area (Å²) in [6, 6.07) is 15.2. The predicted octanol–water partition coefficient (Wildman–Crippen LogP) is 5.94. The summed E-state index contributed by atoms with van der Waals surface area (Å²) in [5.74, 6) is 0.668. The van der Waals surface area contributed by atoms with Gasteiger partial charge < -0.3 is 15.6 Å². The van der Waals surface area contributed by atoms with E-state index in [0.29, 0.717) is 20.9 Å². The lowest BCUT2D eigenvalue weighted by Crippen LogP contribution is -2.24. The monoisotopic (exact) mass is 607 g/mol. The van der Waals surface area contributed by atoms with Gasteiger partial charge in [-0.3, -0.25) is 21.0 Å². The Morgan fingerprint density at radius 3 is 1.93 bits per heavy atom. The SMILES string of the molecule is Cc1ccc(NC(=S)NN=Cc2ccc([N+](=O)[O-])s2)c(C)c1.Cc1ccc(NC(=S)NN=Cc2ncc[nH]2)c(C)c1. The van der Waals surface area contributed by atoms with E-state index in [4.69, 9.17) is 24.4 Å². The molecule has 0 spiro atoms. The fraction of sp³-hybridized carbons (Fsp3) is 0.148. The maximum atomic E-state index is 10.6. The topological polar surface area (TPSA) is 145 Å². The van der Waals surface area contributed by atoms with Gasteiger partial charge in [0.25, 0.3) is 0 Å². The Kier molecular flexibility index (Phi) is 11.6. The lowest BCUT2D eigenvalue weighted by molar-refractivity contribution is -0.380. The van der Waals surface area contributed by atoms with Gasteiger partial charge in [-0.25, -0.2) is 4.98 Å². The van der Waals surface area contributed by atoms with Crippen molar-refractivity contribution in [3.8, 4) is 0 Å². The number of hydrogen-bond donors (Lipinski definition) is 5. The smallest absolute Gasteiger partial charge is 0.324 e. The zero-order valence-electron chi connectivity index (χ0n) is 22.8. The zero-order valence-corrected chi connectivity index (χ0v) is 25.2. The Labute approximate surface area is 252 Å². The molecule has 0 aliphatic carbocycles. The molecule has 5 N–H and O–H groups in total. The van der Waals surface area contributed by atoms with Gasteiger partial charge in [0.15, 0.2) is 10.2 Å². The molecule has 11 nitrogen and oxygen atoms in total. The molecular formula is C27H29N9O2S3. The molecule has 212 valence electrons. The second kappa shape index (κ2) is 15.3. The normalized spacial score (nSPS) is 10.6. The van der Waals surface area contributed by atoms with Crippen molar-refractivity contribution in [1.29, 1.82) is 0 Å². The second-order valence-corrected chi connectivity index (χ2v) is 10.6. The van der Waals surface area contributed by atoms with Crippen LogP contribution in [0, 0.1) is 37.8 Å². The van der Waals surface area contributed by atoms with Crippen LogP contribution in [0.15, 0.2) is 71.1 Å². The summed E-state index contributed by atoms with van der Waals surface area (Å²) in [5, 5.41) is 25.6. The molecule has 0 saturated heterocycles. The lowest BCUT2D eigenvalue weighted by Gasteiger charge is -2.10. The molecule has 4 rings (SSSR count). The Bertz CT molecular complexity index is 1560.